The number of pyridine rings is 1. The molecule has 4 aromatic rings. The highest BCUT2D eigenvalue weighted by atomic mass is 16.6. The molecule has 0 aliphatic rings. The molecule has 0 atom stereocenters. The zero-order valence-electron chi connectivity index (χ0n) is 22.8. The van der Waals surface area contributed by atoms with E-state index in [1.54, 1.807) is 25.3 Å². The smallest absolute Gasteiger partial charge is 0.349 e. The molecule has 0 fully saturated rings. The average Bonchev–Trinajstić information content (AvgIpc) is 3.19. The molecule has 0 N–H and O–H groups in total. The van der Waals surface area contributed by atoms with Crippen molar-refractivity contribution >= 4 is 16.9 Å². The molecule has 0 spiro atoms. The minimum absolute atomic E-state index is 0.0162. The van der Waals surface area contributed by atoms with Crippen LogP contribution in [0.5, 0.6) is 5.75 Å². The van der Waals surface area contributed by atoms with E-state index in [-0.39, 0.29) is 11.7 Å². The number of carbonyl (C=O) groups excluding carboxylic acids is 1. The van der Waals surface area contributed by atoms with Crippen molar-refractivity contribution in [3.05, 3.63) is 94.3 Å². The fraction of sp³-hybridized carbons (Fsp3) is 0.387. The van der Waals surface area contributed by atoms with Gasteiger partial charge in [-0.2, -0.15) is 0 Å². The van der Waals surface area contributed by atoms with Crippen LogP contribution in [0.25, 0.3) is 10.9 Å². The van der Waals surface area contributed by atoms with E-state index in [0.717, 1.165) is 48.0 Å². The first-order valence-electron chi connectivity index (χ1n) is 13.4. The Kier molecular flexibility index (Phi) is 8.66. The Hall–Kier alpha value is -3.87. The summed E-state index contributed by atoms with van der Waals surface area (Å²) in [6.45, 7) is 8.76. The lowest BCUT2D eigenvalue weighted by Crippen LogP contribution is -2.39. The first-order chi connectivity index (χ1) is 18.3. The van der Waals surface area contributed by atoms with Gasteiger partial charge in [-0.15, -0.1) is 0 Å². The van der Waals surface area contributed by atoms with Crippen LogP contribution in [0.1, 0.15) is 57.5 Å². The monoisotopic (exact) mass is 515 g/mol. The molecular weight excluding hydrogens is 478 g/mol. The number of aromatic nitrogens is 3. The molecule has 0 amide bonds. The number of esters is 1. The third-order valence-electron chi connectivity index (χ3n) is 6.53. The molecule has 2 aromatic carbocycles. The summed E-state index contributed by atoms with van der Waals surface area (Å²) >= 11 is 0. The van der Waals surface area contributed by atoms with Crippen molar-refractivity contribution in [3.8, 4) is 5.75 Å². The second-order valence-corrected chi connectivity index (χ2v) is 10.0. The van der Waals surface area contributed by atoms with Crippen LogP contribution in [0.15, 0.2) is 71.7 Å². The van der Waals surface area contributed by atoms with Crippen molar-refractivity contribution in [1.29, 1.82) is 0 Å². The molecule has 0 unspecified atom stereocenters. The molecule has 2 heterocycles. The lowest BCUT2D eigenvalue weighted by Gasteiger charge is -2.24. The van der Waals surface area contributed by atoms with Gasteiger partial charge in [-0.05, 0) is 76.3 Å². The van der Waals surface area contributed by atoms with Crippen molar-refractivity contribution in [2.24, 2.45) is 0 Å². The maximum Gasteiger partial charge on any atom is 0.349 e. The van der Waals surface area contributed by atoms with E-state index in [9.17, 15) is 9.59 Å². The maximum atomic E-state index is 13.2. The normalized spacial score (nSPS) is 11.6. The Morgan fingerprint density at radius 1 is 0.974 bits per heavy atom. The average molecular weight is 516 g/mol. The summed E-state index contributed by atoms with van der Waals surface area (Å²) < 4.78 is 14.6. The van der Waals surface area contributed by atoms with E-state index in [4.69, 9.17) is 14.5 Å². The van der Waals surface area contributed by atoms with Crippen LogP contribution in [0.4, 0.5) is 0 Å². The van der Waals surface area contributed by atoms with Gasteiger partial charge in [-0.1, -0.05) is 43.3 Å². The van der Waals surface area contributed by atoms with Gasteiger partial charge in [0.15, 0.2) is 5.60 Å². The lowest BCUT2D eigenvalue weighted by molar-refractivity contribution is -0.158. The number of fused-ring (bicyclic) bond motifs is 1. The summed E-state index contributed by atoms with van der Waals surface area (Å²) in [5, 5.41) is 1.09. The molecule has 0 bridgehead atoms. The second-order valence-electron chi connectivity index (χ2n) is 10.0. The number of hydrogen-bond acceptors (Lipinski definition) is 5. The zero-order valence-corrected chi connectivity index (χ0v) is 22.8. The second kappa shape index (κ2) is 12.1. The molecule has 200 valence electrons. The van der Waals surface area contributed by atoms with E-state index >= 15 is 0 Å². The molecule has 0 aliphatic carbocycles. The van der Waals surface area contributed by atoms with Gasteiger partial charge in [0.1, 0.15) is 5.75 Å². The number of nitrogens with zero attached hydrogens (tertiary/aromatic N) is 3. The molecule has 0 saturated carbocycles. The molecule has 0 aliphatic heterocycles. The first kappa shape index (κ1) is 27.2. The Bertz CT molecular complexity index is 1430. The number of para-hydroxylation sites is 1. The third-order valence-corrected chi connectivity index (χ3v) is 6.53. The Morgan fingerprint density at radius 2 is 1.74 bits per heavy atom. The van der Waals surface area contributed by atoms with E-state index in [1.165, 1.54) is 5.56 Å². The molecule has 7 heteroatoms. The van der Waals surface area contributed by atoms with Crippen molar-refractivity contribution in [2.45, 2.75) is 72.1 Å². The van der Waals surface area contributed by atoms with Crippen LogP contribution in [0, 0.1) is 0 Å². The van der Waals surface area contributed by atoms with Crippen LogP contribution in [0.2, 0.25) is 0 Å². The van der Waals surface area contributed by atoms with E-state index in [2.05, 4.69) is 13.0 Å². The van der Waals surface area contributed by atoms with Gasteiger partial charge in [-0.3, -0.25) is 14.1 Å². The largest absolute Gasteiger partial charge is 0.476 e. The molecule has 38 heavy (non-hydrogen) atoms. The summed E-state index contributed by atoms with van der Waals surface area (Å²) in [6, 6.07) is 19.9. The number of benzene rings is 2. The fourth-order valence-corrected chi connectivity index (χ4v) is 4.57. The standard InChI is InChI=1S/C31H37N3O4/c1-5-20-34-26(22-33(30(34)36)21-25-17-16-24-11-7-8-13-28(24)32-25)12-9-10-23-14-18-27(19-15-23)38-31(3,4)29(35)37-6-2/h7-8,11,13-19,22H,5-6,9-10,12,20-21H2,1-4H3. The van der Waals surface area contributed by atoms with Crippen molar-refractivity contribution in [2.75, 3.05) is 6.61 Å². The topological polar surface area (TPSA) is 75.3 Å². The fourth-order valence-electron chi connectivity index (χ4n) is 4.57. The van der Waals surface area contributed by atoms with Gasteiger partial charge < -0.3 is 9.47 Å². The van der Waals surface area contributed by atoms with Gasteiger partial charge in [0, 0.05) is 23.8 Å². The molecule has 2 aromatic heterocycles. The van der Waals surface area contributed by atoms with Crippen LogP contribution >= 0.6 is 0 Å². The first-order valence-corrected chi connectivity index (χ1v) is 13.4. The summed E-state index contributed by atoms with van der Waals surface area (Å²) in [4.78, 5) is 30.0. The number of ether oxygens (including phenoxy) is 2. The highest BCUT2D eigenvalue weighted by molar-refractivity contribution is 5.79. The maximum absolute atomic E-state index is 13.2. The van der Waals surface area contributed by atoms with Crippen molar-refractivity contribution in [1.82, 2.24) is 14.1 Å². The predicted molar refractivity (Wildman–Crippen MR) is 150 cm³/mol. The van der Waals surface area contributed by atoms with E-state index < -0.39 is 5.60 Å². The quantitative estimate of drug-likeness (QED) is 0.231. The minimum Gasteiger partial charge on any atom is -0.476 e. The summed E-state index contributed by atoms with van der Waals surface area (Å²) in [7, 11) is 0. The zero-order chi connectivity index (χ0) is 27.1. The predicted octanol–water partition coefficient (Wildman–Crippen LogP) is 5.55. The number of hydrogen-bond donors (Lipinski definition) is 0. The number of imidazole rings is 1. The van der Waals surface area contributed by atoms with Crippen LogP contribution in [0.3, 0.4) is 0 Å². The summed E-state index contributed by atoms with van der Waals surface area (Å²) in [5.74, 6) is 0.244. The Morgan fingerprint density at radius 3 is 2.47 bits per heavy atom. The molecular formula is C31H37N3O4. The van der Waals surface area contributed by atoms with Crippen LogP contribution in [-0.2, 0) is 35.5 Å². The summed E-state index contributed by atoms with van der Waals surface area (Å²) in [6.07, 6.45) is 5.48. The Balaban J connectivity index is 1.39. The molecule has 7 nitrogen and oxygen atoms in total. The van der Waals surface area contributed by atoms with E-state index in [1.807, 2.05) is 65.4 Å². The van der Waals surface area contributed by atoms with Gasteiger partial charge in [0.25, 0.3) is 0 Å². The highest BCUT2D eigenvalue weighted by Gasteiger charge is 2.31. The number of rotatable bonds is 12. The lowest BCUT2D eigenvalue weighted by atomic mass is 10.1. The van der Waals surface area contributed by atoms with Gasteiger partial charge in [0.05, 0.1) is 24.4 Å². The van der Waals surface area contributed by atoms with Crippen LogP contribution < -0.4 is 10.4 Å². The van der Waals surface area contributed by atoms with Crippen molar-refractivity contribution < 1.29 is 14.3 Å². The van der Waals surface area contributed by atoms with Crippen molar-refractivity contribution in [3.63, 3.8) is 0 Å². The van der Waals surface area contributed by atoms with Gasteiger partial charge in [-0.25, -0.2) is 9.59 Å². The highest BCUT2D eigenvalue weighted by Crippen LogP contribution is 2.21. The number of aryl methyl sites for hydroxylation is 2. The van der Waals surface area contributed by atoms with Gasteiger partial charge in [0.2, 0.25) is 0 Å². The van der Waals surface area contributed by atoms with Crippen LogP contribution in [-0.4, -0.2) is 32.3 Å². The Labute approximate surface area is 224 Å². The molecule has 4 rings (SSSR count). The minimum atomic E-state index is -1.05. The summed E-state index contributed by atoms with van der Waals surface area (Å²) in [5.41, 5.74) is 3.01. The van der Waals surface area contributed by atoms with Gasteiger partial charge >= 0.3 is 11.7 Å². The number of carbonyl (C=O) groups is 1. The molecule has 0 saturated heterocycles. The third kappa shape index (κ3) is 6.52. The molecule has 0 radical (unpaired) electrons. The van der Waals surface area contributed by atoms with E-state index in [0.29, 0.717) is 25.4 Å². The SMILES string of the molecule is CCCn1c(CCCc2ccc(OC(C)(C)C(=O)OCC)cc2)cn(Cc2ccc3ccccc3n2)c1=O.